The van der Waals surface area contributed by atoms with Gasteiger partial charge in [0.1, 0.15) is 19.0 Å². The van der Waals surface area contributed by atoms with Gasteiger partial charge in [-0.3, -0.25) is 10.1 Å². The number of carbonyl (C=O) groups excluding carboxylic acids is 1. The number of non-ortho nitro benzene ring substituents is 1. The third-order valence-corrected chi connectivity index (χ3v) is 4.59. The molecule has 1 rings (SSSR count). The minimum Gasteiger partial charge on any atom is -0.491 e. The van der Waals surface area contributed by atoms with E-state index >= 15 is 0 Å². The first-order chi connectivity index (χ1) is 19.0. The van der Waals surface area contributed by atoms with E-state index in [1.165, 1.54) is 12.1 Å². The van der Waals surface area contributed by atoms with Crippen molar-refractivity contribution in [3.05, 3.63) is 46.5 Å². The first-order valence-electron chi connectivity index (χ1n) is 12.7. The first kappa shape index (κ1) is 34.4. The number of esters is 1. The normalized spacial score (nSPS) is 10.9. The van der Waals surface area contributed by atoms with Crippen LogP contribution >= 0.6 is 0 Å². The number of hydrogen-bond acceptors (Lipinski definition) is 12. The molecule has 0 heterocycles. The summed E-state index contributed by atoms with van der Waals surface area (Å²) in [6.07, 6.45) is 0. The van der Waals surface area contributed by atoms with E-state index in [9.17, 15) is 14.9 Å². The summed E-state index contributed by atoms with van der Waals surface area (Å²) in [4.78, 5) is 21.3. The van der Waals surface area contributed by atoms with E-state index in [1.54, 1.807) is 19.1 Å². The number of nitrogens with zero attached hydrogens (tertiary/aromatic N) is 1. The molecule has 222 valence electrons. The van der Waals surface area contributed by atoms with E-state index in [2.05, 4.69) is 6.58 Å². The van der Waals surface area contributed by atoms with Crippen LogP contribution in [-0.2, 0) is 42.7 Å². The molecular formula is C26H41NO12. The van der Waals surface area contributed by atoms with Crippen LogP contribution in [0.25, 0.3) is 0 Å². The zero-order valence-electron chi connectivity index (χ0n) is 22.7. The molecule has 0 saturated heterocycles. The molecule has 0 bridgehead atoms. The lowest BCUT2D eigenvalue weighted by Gasteiger charge is -2.09. The number of rotatable bonds is 27. The van der Waals surface area contributed by atoms with Gasteiger partial charge < -0.3 is 42.6 Å². The Balaban J connectivity index is 1.70. The summed E-state index contributed by atoms with van der Waals surface area (Å²) in [5.41, 5.74) is 0.386. The van der Waals surface area contributed by atoms with Crippen LogP contribution in [0.15, 0.2) is 36.4 Å². The van der Waals surface area contributed by atoms with Gasteiger partial charge in [-0.2, -0.15) is 0 Å². The Bertz CT molecular complexity index is 775. The van der Waals surface area contributed by atoms with Gasteiger partial charge >= 0.3 is 5.97 Å². The number of nitro benzene ring substituents is 1. The Morgan fingerprint density at radius 3 is 1.31 bits per heavy atom. The van der Waals surface area contributed by atoms with Crippen molar-refractivity contribution in [1.82, 2.24) is 0 Å². The second-order valence-corrected chi connectivity index (χ2v) is 7.80. The summed E-state index contributed by atoms with van der Waals surface area (Å²) < 4.78 is 48.1. The van der Waals surface area contributed by atoms with Crippen LogP contribution in [0.1, 0.15) is 6.92 Å². The van der Waals surface area contributed by atoms with Crippen molar-refractivity contribution >= 4 is 11.7 Å². The Labute approximate surface area is 229 Å². The monoisotopic (exact) mass is 559 g/mol. The van der Waals surface area contributed by atoms with Crippen molar-refractivity contribution in [2.24, 2.45) is 0 Å². The molecule has 0 fully saturated rings. The zero-order chi connectivity index (χ0) is 28.4. The molecule has 0 radical (unpaired) electrons. The Kier molecular flexibility index (Phi) is 21.5. The third kappa shape index (κ3) is 20.9. The molecule has 0 atom stereocenters. The third-order valence-electron chi connectivity index (χ3n) is 4.59. The number of benzene rings is 1. The fourth-order valence-electron chi connectivity index (χ4n) is 2.62. The minimum atomic E-state index is -0.456. The molecule has 13 heteroatoms. The molecular weight excluding hydrogens is 518 g/mol. The fourth-order valence-corrected chi connectivity index (χ4v) is 2.62. The average Bonchev–Trinajstić information content (AvgIpc) is 2.93. The molecule has 0 spiro atoms. The average molecular weight is 560 g/mol. The standard InChI is InChI=1S/C26H41NO12/c1-23(2)26(28)39-22-20-37-18-16-35-14-12-33-10-8-31-7-9-32-11-13-34-15-17-36-19-21-38-25-5-3-24(4-6-25)27(29)30/h3-6H,1,7-22H2,2H3. The quantitative estimate of drug-likeness (QED) is 0.0512. The highest BCUT2D eigenvalue weighted by Crippen LogP contribution is 2.17. The van der Waals surface area contributed by atoms with E-state index in [-0.39, 0.29) is 12.3 Å². The summed E-state index contributed by atoms with van der Waals surface area (Å²) in [6.45, 7) is 11.8. The zero-order valence-corrected chi connectivity index (χ0v) is 22.7. The van der Waals surface area contributed by atoms with Crippen molar-refractivity contribution in [3.63, 3.8) is 0 Å². The highest BCUT2D eigenvalue weighted by atomic mass is 16.6. The van der Waals surface area contributed by atoms with Crippen LogP contribution in [0.2, 0.25) is 0 Å². The van der Waals surface area contributed by atoms with E-state index in [4.69, 9.17) is 42.6 Å². The number of nitro groups is 1. The number of ether oxygens (including phenoxy) is 9. The predicted octanol–water partition coefficient (Wildman–Crippen LogP) is 2.21. The van der Waals surface area contributed by atoms with Gasteiger partial charge in [0.05, 0.1) is 97.4 Å². The summed E-state index contributed by atoms with van der Waals surface area (Å²) in [7, 11) is 0. The molecule has 1 aromatic rings. The van der Waals surface area contributed by atoms with Crippen molar-refractivity contribution in [1.29, 1.82) is 0 Å². The van der Waals surface area contributed by atoms with Crippen LogP contribution in [-0.4, -0.2) is 117 Å². The smallest absolute Gasteiger partial charge is 0.333 e. The molecule has 0 aromatic heterocycles. The first-order valence-corrected chi connectivity index (χ1v) is 12.7. The number of hydrogen-bond donors (Lipinski definition) is 0. The van der Waals surface area contributed by atoms with E-state index in [0.717, 1.165) is 0 Å². The maximum Gasteiger partial charge on any atom is 0.333 e. The van der Waals surface area contributed by atoms with Crippen LogP contribution in [0.5, 0.6) is 5.75 Å². The van der Waals surface area contributed by atoms with Gasteiger partial charge in [0.25, 0.3) is 5.69 Å². The van der Waals surface area contributed by atoms with E-state index < -0.39 is 10.9 Å². The molecule has 39 heavy (non-hydrogen) atoms. The topological polar surface area (TPSA) is 143 Å². The number of carbonyl (C=O) groups is 1. The summed E-state index contributed by atoms with van der Waals surface area (Å²) in [5.74, 6) is 0.132. The maximum absolute atomic E-state index is 11.2. The summed E-state index contributed by atoms with van der Waals surface area (Å²) >= 11 is 0. The Morgan fingerprint density at radius 2 is 0.974 bits per heavy atom. The molecule has 0 unspecified atom stereocenters. The molecule has 0 aliphatic rings. The Morgan fingerprint density at radius 1 is 0.641 bits per heavy atom. The Hall–Kier alpha value is -2.65. The summed E-state index contributed by atoms with van der Waals surface area (Å²) in [5, 5.41) is 10.6. The van der Waals surface area contributed by atoms with Gasteiger partial charge in [-0.25, -0.2) is 4.79 Å². The fraction of sp³-hybridized carbons (Fsp3) is 0.654. The van der Waals surface area contributed by atoms with Crippen LogP contribution < -0.4 is 4.74 Å². The van der Waals surface area contributed by atoms with Gasteiger partial charge in [0, 0.05) is 17.7 Å². The summed E-state index contributed by atoms with van der Waals surface area (Å²) in [6, 6.07) is 5.89. The van der Waals surface area contributed by atoms with Crippen molar-refractivity contribution < 1.29 is 52.3 Å². The highest BCUT2D eigenvalue weighted by Gasteiger charge is 2.04. The molecule has 0 aliphatic carbocycles. The lowest BCUT2D eigenvalue weighted by atomic mass is 10.3. The van der Waals surface area contributed by atoms with Gasteiger partial charge in [-0.15, -0.1) is 0 Å². The lowest BCUT2D eigenvalue weighted by Crippen LogP contribution is -2.15. The van der Waals surface area contributed by atoms with Gasteiger partial charge in [0.15, 0.2) is 0 Å². The SMILES string of the molecule is C=C(C)C(=O)OCCOCCOCCOCCOCCOCCOCCOCCOc1ccc([N+](=O)[O-])cc1. The second kappa shape index (κ2) is 24.4. The van der Waals surface area contributed by atoms with Crippen molar-refractivity contribution in [3.8, 4) is 5.75 Å². The second-order valence-electron chi connectivity index (χ2n) is 7.80. The van der Waals surface area contributed by atoms with Crippen LogP contribution in [0.3, 0.4) is 0 Å². The van der Waals surface area contributed by atoms with Gasteiger partial charge in [0.2, 0.25) is 0 Å². The molecule has 0 saturated carbocycles. The van der Waals surface area contributed by atoms with Gasteiger partial charge in [-0.1, -0.05) is 6.58 Å². The molecule has 1 aromatic carbocycles. The van der Waals surface area contributed by atoms with Crippen molar-refractivity contribution in [2.45, 2.75) is 6.92 Å². The lowest BCUT2D eigenvalue weighted by molar-refractivity contribution is -0.384. The van der Waals surface area contributed by atoms with Crippen LogP contribution in [0.4, 0.5) is 5.69 Å². The van der Waals surface area contributed by atoms with E-state index in [1.807, 2.05) is 0 Å². The highest BCUT2D eigenvalue weighted by molar-refractivity contribution is 5.86. The molecule has 0 N–H and O–H groups in total. The molecule has 0 aliphatic heterocycles. The van der Waals surface area contributed by atoms with Crippen LogP contribution in [0, 0.1) is 10.1 Å². The molecule has 0 amide bonds. The predicted molar refractivity (Wildman–Crippen MR) is 140 cm³/mol. The molecule has 13 nitrogen and oxygen atoms in total. The van der Waals surface area contributed by atoms with E-state index in [0.29, 0.717) is 110 Å². The van der Waals surface area contributed by atoms with Crippen molar-refractivity contribution in [2.75, 3.05) is 106 Å². The largest absolute Gasteiger partial charge is 0.491 e. The maximum atomic E-state index is 11.2. The van der Waals surface area contributed by atoms with Gasteiger partial charge in [-0.05, 0) is 19.1 Å². The minimum absolute atomic E-state index is 0.0224.